The maximum absolute atomic E-state index is 12.7. The zero-order chi connectivity index (χ0) is 24.4. The summed E-state index contributed by atoms with van der Waals surface area (Å²) in [5.74, 6) is -0.960. The van der Waals surface area contributed by atoms with Crippen LogP contribution in [-0.2, 0) is 30.9 Å². The number of sulfonamides is 1. The van der Waals surface area contributed by atoms with Crippen LogP contribution in [0.3, 0.4) is 0 Å². The summed E-state index contributed by atoms with van der Waals surface area (Å²) in [5, 5.41) is 0. The van der Waals surface area contributed by atoms with Crippen LogP contribution in [0.5, 0.6) is 0 Å². The van der Waals surface area contributed by atoms with Gasteiger partial charge in [0.1, 0.15) is 6.61 Å². The Labute approximate surface area is 212 Å². The zero-order valence-corrected chi connectivity index (χ0v) is 21.3. The molecule has 0 spiro atoms. The largest absolute Gasteiger partial charge is 0.462 e. The van der Waals surface area contributed by atoms with Crippen molar-refractivity contribution in [3.05, 3.63) is 93.6 Å². The minimum absolute atomic E-state index is 0.0928. The fourth-order valence-electron chi connectivity index (χ4n) is 2.99. The third kappa shape index (κ3) is 7.84. The third-order valence-electron chi connectivity index (χ3n) is 4.77. The molecule has 0 aliphatic carbocycles. The van der Waals surface area contributed by atoms with Crippen LogP contribution in [-0.4, -0.2) is 27.0 Å². The number of hydrogen-bond acceptors (Lipinski definition) is 6. The Hall–Kier alpha value is -2.92. The second-order valence-corrected chi connectivity index (χ2v) is 10.3. The van der Waals surface area contributed by atoms with Gasteiger partial charge in [0.15, 0.2) is 0 Å². The van der Waals surface area contributed by atoms with Crippen molar-refractivity contribution < 1.29 is 27.5 Å². The van der Waals surface area contributed by atoms with Crippen molar-refractivity contribution in [3.8, 4) is 0 Å². The predicted molar refractivity (Wildman–Crippen MR) is 137 cm³/mol. The summed E-state index contributed by atoms with van der Waals surface area (Å²) in [6.07, 6.45) is 1.20. The first-order valence-corrected chi connectivity index (χ1v) is 13.2. The lowest BCUT2D eigenvalue weighted by molar-refractivity contribution is -0.145. The lowest BCUT2D eigenvalue weighted by atomic mass is 10.2. The van der Waals surface area contributed by atoms with Crippen molar-refractivity contribution >= 4 is 50.2 Å². The second kappa shape index (κ2) is 12.5. The summed E-state index contributed by atoms with van der Waals surface area (Å²) in [5.41, 5.74) is 1.16. The van der Waals surface area contributed by atoms with Gasteiger partial charge in [-0.1, -0.05) is 42.5 Å². The van der Waals surface area contributed by atoms with E-state index in [0.29, 0.717) is 12.8 Å². The number of para-hydroxylation sites is 1. The van der Waals surface area contributed by atoms with E-state index in [1.165, 1.54) is 24.3 Å². The number of anilines is 1. The van der Waals surface area contributed by atoms with Gasteiger partial charge in [-0.15, -0.1) is 0 Å². The van der Waals surface area contributed by atoms with Crippen LogP contribution >= 0.6 is 22.6 Å². The molecule has 0 bridgehead atoms. The number of benzene rings is 3. The molecule has 7 nitrogen and oxygen atoms in total. The standard InChI is InChI=1S/C25H24INO6S/c26-20-13-15-21(16-14-20)34(30,31)27-23-11-5-4-10-22(23)25(29)32-17-7-6-12-24(28)33-18-19-8-2-1-3-9-19/h1-5,8-11,13-16,27H,6-7,12,17-18H2. The molecule has 0 unspecified atom stereocenters. The van der Waals surface area contributed by atoms with E-state index in [4.69, 9.17) is 9.47 Å². The van der Waals surface area contributed by atoms with E-state index >= 15 is 0 Å². The Bertz CT molecular complexity index is 1210. The third-order valence-corrected chi connectivity index (χ3v) is 6.87. The molecule has 0 amide bonds. The van der Waals surface area contributed by atoms with Crippen molar-refractivity contribution in [2.75, 3.05) is 11.3 Å². The van der Waals surface area contributed by atoms with Gasteiger partial charge in [0.05, 0.1) is 22.8 Å². The summed E-state index contributed by atoms with van der Waals surface area (Å²) in [6.45, 7) is 0.326. The van der Waals surface area contributed by atoms with Crippen molar-refractivity contribution in [3.63, 3.8) is 0 Å². The number of hydrogen-bond donors (Lipinski definition) is 1. The molecule has 0 atom stereocenters. The molecule has 0 saturated heterocycles. The summed E-state index contributed by atoms with van der Waals surface area (Å²) < 4.78 is 39.2. The van der Waals surface area contributed by atoms with Gasteiger partial charge in [0, 0.05) is 9.99 Å². The van der Waals surface area contributed by atoms with Gasteiger partial charge in [-0.05, 0) is 77.4 Å². The normalized spacial score (nSPS) is 11.0. The average Bonchev–Trinajstić information content (AvgIpc) is 2.83. The molecule has 0 aliphatic heterocycles. The van der Waals surface area contributed by atoms with E-state index < -0.39 is 16.0 Å². The van der Waals surface area contributed by atoms with Gasteiger partial charge in [0.25, 0.3) is 10.0 Å². The molecule has 0 fully saturated rings. The number of ether oxygens (including phenoxy) is 2. The fraction of sp³-hybridized carbons (Fsp3) is 0.200. The zero-order valence-electron chi connectivity index (χ0n) is 18.3. The molecular formula is C25H24INO6S. The van der Waals surface area contributed by atoms with Crippen LogP contribution in [0.4, 0.5) is 5.69 Å². The predicted octanol–water partition coefficient (Wildman–Crippen LogP) is 5.16. The molecule has 178 valence electrons. The van der Waals surface area contributed by atoms with Gasteiger partial charge in [-0.2, -0.15) is 0 Å². The van der Waals surface area contributed by atoms with E-state index in [1.807, 2.05) is 30.3 Å². The van der Waals surface area contributed by atoms with Gasteiger partial charge in [-0.3, -0.25) is 9.52 Å². The van der Waals surface area contributed by atoms with Crippen molar-refractivity contribution in [1.82, 2.24) is 0 Å². The Morgan fingerprint density at radius 1 is 0.824 bits per heavy atom. The highest BCUT2D eigenvalue weighted by molar-refractivity contribution is 14.1. The van der Waals surface area contributed by atoms with Crippen LogP contribution in [0.15, 0.2) is 83.8 Å². The van der Waals surface area contributed by atoms with Crippen LogP contribution < -0.4 is 4.72 Å². The van der Waals surface area contributed by atoms with Crippen LogP contribution in [0, 0.1) is 3.57 Å². The Morgan fingerprint density at radius 2 is 1.50 bits per heavy atom. The van der Waals surface area contributed by atoms with Crippen molar-refractivity contribution in [2.45, 2.75) is 30.8 Å². The van der Waals surface area contributed by atoms with E-state index in [-0.39, 0.29) is 41.8 Å². The minimum Gasteiger partial charge on any atom is -0.462 e. The summed E-state index contributed by atoms with van der Waals surface area (Å²) in [6, 6.07) is 22.0. The smallest absolute Gasteiger partial charge is 0.340 e. The number of unbranched alkanes of at least 4 members (excludes halogenated alkanes) is 1. The average molecular weight is 593 g/mol. The van der Waals surface area contributed by atoms with Gasteiger partial charge < -0.3 is 9.47 Å². The Kier molecular flexibility index (Phi) is 9.46. The number of esters is 2. The van der Waals surface area contributed by atoms with Crippen LogP contribution in [0.2, 0.25) is 0 Å². The monoisotopic (exact) mass is 593 g/mol. The molecule has 0 aliphatic rings. The Balaban J connectivity index is 1.46. The fourth-order valence-corrected chi connectivity index (χ4v) is 4.43. The first kappa shape index (κ1) is 25.7. The van der Waals surface area contributed by atoms with Gasteiger partial charge in [0.2, 0.25) is 0 Å². The molecule has 3 aromatic rings. The minimum atomic E-state index is -3.86. The van der Waals surface area contributed by atoms with E-state index in [2.05, 4.69) is 27.3 Å². The molecule has 9 heteroatoms. The Morgan fingerprint density at radius 3 is 2.24 bits per heavy atom. The molecule has 1 N–H and O–H groups in total. The molecule has 0 aromatic heterocycles. The molecule has 3 rings (SSSR count). The van der Waals surface area contributed by atoms with E-state index in [1.54, 1.807) is 24.3 Å². The number of carbonyl (C=O) groups excluding carboxylic acids is 2. The quantitative estimate of drug-likeness (QED) is 0.187. The maximum atomic E-state index is 12.7. The topological polar surface area (TPSA) is 98.8 Å². The molecule has 0 heterocycles. The SMILES string of the molecule is O=C(CCCCOC(=O)c1ccccc1NS(=O)(=O)c1ccc(I)cc1)OCc1ccccc1. The van der Waals surface area contributed by atoms with Gasteiger partial charge in [-0.25, -0.2) is 13.2 Å². The van der Waals surface area contributed by atoms with Gasteiger partial charge >= 0.3 is 11.9 Å². The van der Waals surface area contributed by atoms with Crippen LogP contribution in [0.25, 0.3) is 0 Å². The summed E-state index contributed by atoms with van der Waals surface area (Å²) >= 11 is 2.09. The number of halogens is 1. The first-order chi connectivity index (χ1) is 16.3. The molecule has 0 radical (unpaired) electrons. The highest BCUT2D eigenvalue weighted by atomic mass is 127. The maximum Gasteiger partial charge on any atom is 0.340 e. The summed E-state index contributed by atoms with van der Waals surface area (Å²) in [4.78, 5) is 24.5. The first-order valence-electron chi connectivity index (χ1n) is 10.6. The highest BCUT2D eigenvalue weighted by Crippen LogP contribution is 2.21. The van der Waals surface area contributed by atoms with Crippen LogP contribution in [0.1, 0.15) is 35.2 Å². The number of rotatable bonds is 11. The van der Waals surface area contributed by atoms with Crippen molar-refractivity contribution in [2.24, 2.45) is 0 Å². The second-order valence-electron chi connectivity index (χ2n) is 7.34. The molecule has 34 heavy (non-hydrogen) atoms. The highest BCUT2D eigenvalue weighted by Gasteiger charge is 2.19. The molecule has 0 saturated carbocycles. The number of carbonyl (C=O) groups is 2. The van der Waals surface area contributed by atoms with E-state index in [0.717, 1.165) is 9.13 Å². The summed E-state index contributed by atoms with van der Waals surface area (Å²) in [7, 11) is -3.86. The molecule has 3 aromatic carbocycles. The number of nitrogens with one attached hydrogen (secondary N) is 1. The molecular weight excluding hydrogens is 569 g/mol. The lowest BCUT2D eigenvalue weighted by Crippen LogP contribution is -2.16. The van der Waals surface area contributed by atoms with E-state index in [9.17, 15) is 18.0 Å². The van der Waals surface area contributed by atoms with Crippen molar-refractivity contribution in [1.29, 1.82) is 0 Å². The lowest BCUT2D eigenvalue weighted by Gasteiger charge is -2.12.